The summed E-state index contributed by atoms with van der Waals surface area (Å²) in [4.78, 5) is 22.0. The van der Waals surface area contributed by atoms with Crippen LogP contribution in [0.3, 0.4) is 0 Å². The average Bonchev–Trinajstić information content (AvgIpc) is 3.20. The number of thiazole rings is 1. The molecule has 7 nitrogen and oxygen atoms in total. The summed E-state index contributed by atoms with van der Waals surface area (Å²) in [6.07, 6.45) is 0.819. The molecule has 0 saturated carbocycles. The van der Waals surface area contributed by atoms with Crippen molar-refractivity contribution in [2.45, 2.75) is 6.42 Å². The molecule has 31 heavy (non-hydrogen) atoms. The molecule has 0 spiro atoms. The average molecular weight is 466 g/mol. The topological polar surface area (TPSA) is 64.1 Å². The molecule has 0 aliphatic heterocycles. The summed E-state index contributed by atoms with van der Waals surface area (Å²) in [5.74, 6) is 1.96. The maximum absolute atomic E-state index is 13.4. The minimum atomic E-state index is -0.103. The third-order valence-electron chi connectivity index (χ3n) is 4.70. The Kier molecular flexibility index (Phi) is 8.91. The van der Waals surface area contributed by atoms with Gasteiger partial charge < -0.3 is 19.1 Å². The van der Waals surface area contributed by atoms with E-state index in [2.05, 4.69) is 4.90 Å². The van der Waals surface area contributed by atoms with E-state index < -0.39 is 0 Å². The highest BCUT2D eigenvalue weighted by Crippen LogP contribution is 2.40. The van der Waals surface area contributed by atoms with Gasteiger partial charge in [0.2, 0.25) is 0 Å². The van der Waals surface area contributed by atoms with E-state index in [0.717, 1.165) is 17.7 Å². The van der Waals surface area contributed by atoms with E-state index in [1.807, 2.05) is 26.2 Å². The van der Waals surface area contributed by atoms with E-state index in [4.69, 9.17) is 19.2 Å². The number of rotatable bonds is 9. The predicted octanol–water partition coefficient (Wildman–Crippen LogP) is 4.34. The molecule has 2 aromatic carbocycles. The number of carbonyl (C=O) groups excluding carboxylic acids is 1. The molecule has 1 amide bonds. The molecule has 3 rings (SSSR count). The Labute approximate surface area is 192 Å². The molecular formula is C22H28ClN3O4S. The Morgan fingerprint density at radius 3 is 2.16 bits per heavy atom. The Morgan fingerprint density at radius 2 is 1.58 bits per heavy atom. The maximum atomic E-state index is 13.4. The zero-order valence-corrected chi connectivity index (χ0v) is 20.0. The molecule has 168 valence electrons. The number of nitrogens with zero attached hydrogens (tertiary/aromatic N) is 3. The number of aromatic nitrogens is 1. The highest BCUT2D eigenvalue weighted by atomic mass is 35.5. The molecule has 0 unspecified atom stereocenters. The van der Waals surface area contributed by atoms with Gasteiger partial charge in [-0.25, -0.2) is 4.98 Å². The standard InChI is InChI=1S/C22H27N3O4S.ClH/c1-24(2)13-6-14-25(21(26)15-7-9-16(27-3)10-8-15)22-23-19-17(28-4)11-12-18(29-5)20(19)30-22;/h7-12H,6,13-14H2,1-5H3;1H. The van der Waals surface area contributed by atoms with Crippen molar-refractivity contribution in [1.29, 1.82) is 0 Å². The number of ether oxygens (including phenoxy) is 3. The highest BCUT2D eigenvalue weighted by Gasteiger charge is 2.23. The lowest BCUT2D eigenvalue weighted by Gasteiger charge is -2.21. The molecule has 1 aromatic heterocycles. The molecule has 0 bridgehead atoms. The van der Waals surface area contributed by atoms with E-state index in [0.29, 0.717) is 40.0 Å². The zero-order chi connectivity index (χ0) is 21.7. The monoisotopic (exact) mass is 465 g/mol. The van der Waals surface area contributed by atoms with E-state index >= 15 is 0 Å². The van der Waals surface area contributed by atoms with Gasteiger partial charge in [0.05, 0.1) is 21.3 Å². The molecule has 9 heteroatoms. The van der Waals surface area contributed by atoms with Crippen LogP contribution in [0.2, 0.25) is 0 Å². The van der Waals surface area contributed by atoms with Crippen molar-refractivity contribution in [3.63, 3.8) is 0 Å². The molecular weight excluding hydrogens is 438 g/mol. The van der Waals surface area contributed by atoms with Crippen molar-refractivity contribution >= 4 is 45.0 Å². The summed E-state index contributed by atoms with van der Waals surface area (Å²) in [6.45, 7) is 1.41. The first kappa shape index (κ1) is 24.7. The molecule has 0 radical (unpaired) electrons. The summed E-state index contributed by atoms with van der Waals surface area (Å²) in [7, 11) is 8.87. The number of halogens is 1. The molecule has 0 N–H and O–H groups in total. The van der Waals surface area contributed by atoms with Crippen LogP contribution in [0.15, 0.2) is 36.4 Å². The van der Waals surface area contributed by atoms with Crippen LogP contribution in [-0.2, 0) is 0 Å². The number of benzene rings is 2. The van der Waals surface area contributed by atoms with Gasteiger partial charge in [-0.1, -0.05) is 11.3 Å². The lowest BCUT2D eigenvalue weighted by molar-refractivity contribution is 0.0986. The largest absolute Gasteiger partial charge is 0.497 e. The smallest absolute Gasteiger partial charge is 0.260 e. The first-order chi connectivity index (χ1) is 14.5. The minimum absolute atomic E-state index is 0. The van der Waals surface area contributed by atoms with Gasteiger partial charge in [-0.3, -0.25) is 9.69 Å². The quantitative estimate of drug-likeness (QED) is 0.468. The zero-order valence-electron chi connectivity index (χ0n) is 18.4. The van der Waals surface area contributed by atoms with Crippen LogP contribution >= 0.6 is 23.7 Å². The molecule has 3 aromatic rings. The number of carbonyl (C=O) groups is 1. The number of methoxy groups -OCH3 is 3. The van der Waals surface area contributed by atoms with Gasteiger partial charge >= 0.3 is 0 Å². The highest BCUT2D eigenvalue weighted by molar-refractivity contribution is 7.22. The Balaban J connectivity index is 0.00000341. The van der Waals surface area contributed by atoms with Gasteiger partial charge in [-0.2, -0.15) is 0 Å². The Morgan fingerprint density at radius 1 is 0.935 bits per heavy atom. The number of amides is 1. The third-order valence-corrected chi connectivity index (χ3v) is 5.79. The van der Waals surface area contributed by atoms with Gasteiger partial charge in [0.25, 0.3) is 5.91 Å². The van der Waals surface area contributed by atoms with Gasteiger partial charge in [-0.05, 0) is 63.5 Å². The molecule has 0 aliphatic rings. The number of fused-ring (bicyclic) bond motifs is 1. The van der Waals surface area contributed by atoms with Crippen LogP contribution in [0.4, 0.5) is 5.13 Å². The predicted molar refractivity (Wildman–Crippen MR) is 128 cm³/mol. The van der Waals surface area contributed by atoms with E-state index in [1.165, 1.54) is 11.3 Å². The minimum Gasteiger partial charge on any atom is -0.497 e. The summed E-state index contributed by atoms with van der Waals surface area (Å²) < 4.78 is 17.0. The molecule has 1 heterocycles. The number of hydrogen-bond donors (Lipinski definition) is 0. The second kappa shape index (κ2) is 11.2. The maximum Gasteiger partial charge on any atom is 0.260 e. The lowest BCUT2D eigenvalue weighted by Crippen LogP contribution is -2.33. The van der Waals surface area contributed by atoms with Crippen LogP contribution < -0.4 is 19.1 Å². The first-order valence-electron chi connectivity index (χ1n) is 9.60. The SMILES string of the molecule is COc1ccc(C(=O)N(CCCN(C)C)c2nc3c(OC)ccc(OC)c3s2)cc1.Cl. The van der Waals surface area contributed by atoms with Crippen molar-refractivity contribution in [3.8, 4) is 17.2 Å². The number of hydrogen-bond acceptors (Lipinski definition) is 7. The summed E-state index contributed by atoms with van der Waals surface area (Å²) >= 11 is 1.43. The van der Waals surface area contributed by atoms with Crippen molar-refractivity contribution in [2.24, 2.45) is 0 Å². The Bertz CT molecular complexity index is 967. The van der Waals surface area contributed by atoms with Gasteiger partial charge in [-0.15, -0.1) is 12.4 Å². The molecule has 0 saturated heterocycles. The normalized spacial score (nSPS) is 10.6. The van der Waals surface area contributed by atoms with Crippen LogP contribution in [-0.4, -0.2) is 64.3 Å². The second-order valence-electron chi connectivity index (χ2n) is 6.99. The van der Waals surface area contributed by atoms with Crippen LogP contribution in [0.5, 0.6) is 17.2 Å². The van der Waals surface area contributed by atoms with Crippen LogP contribution in [0.25, 0.3) is 10.2 Å². The van der Waals surface area contributed by atoms with Gasteiger partial charge in [0, 0.05) is 12.1 Å². The fraction of sp³-hybridized carbons (Fsp3) is 0.364. The van der Waals surface area contributed by atoms with E-state index in [1.54, 1.807) is 50.5 Å². The summed E-state index contributed by atoms with van der Waals surface area (Å²) in [6, 6.07) is 10.8. The summed E-state index contributed by atoms with van der Waals surface area (Å²) in [5.41, 5.74) is 1.27. The van der Waals surface area contributed by atoms with E-state index in [-0.39, 0.29) is 18.3 Å². The lowest BCUT2D eigenvalue weighted by atomic mass is 10.2. The number of anilines is 1. The fourth-order valence-corrected chi connectivity index (χ4v) is 4.21. The van der Waals surface area contributed by atoms with Gasteiger partial charge in [0.15, 0.2) is 5.13 Å². The van der Waals surface area contributed by atoms with Gasteiger partial charge in [0.1, 0.15) is 27.5 Å². The van der Waals surface area contributed by atoms with Crippen molar-refractivity contribution in [3.05, 3.63) is 42.0 Å². The Hall–Kier alpha value is -2.55. The van der Waals surface area contributed by atoms with Crippen molar-refractivity contribution in [1.82, 2.24) is 9.88 Å². The van der Waals surface area contributed by atoms with Crippen LogP contribution in [0, 0.1) is 0 Å². The molecule has 0 aliphatic carbocycles. The molecule has 0 atom stereocenters. The molecule has 0 fully saturated rings. The first-order valence-corrected chi connectivity index (χ1v) is 10.4. The van der Waals surface area contributed by atoms with Crippen LogP contribution in [0.1, 0.15) is 16.8 Å². The van der Waals surface area contributed by atoms with Crippen molar-refractivity contribution < 1.29 is 19.0 Å². The van der Waals surface area contributed by atoms with E-state index in [9.17, 15) is 4.79 Å². The van der Waals surface area contributed by atoms with Crippen molar-refractivity contribution in [2.75, 3.05) is 53.4 Å². The summed E-state index contributed by atoms with van der Waals surface area (Å²) in [5, 5.41) is 0.618. The second-order valence-corrected chi connectivity index (χ2v) is 7.96. The fourth-order valence-electron chi connectivity index (χ4n) is 3.11. The third kappa shape index (κ3) is 5.58.